The molecule has 0 aromatic heterocycles. The highest BCUT2D eigenvalue weighted by Crippen LogP contribution is 2.38. The molecular weight excluding hydrogens is 522 g/mol. The van der Waals surface area contributed by atoms with Crippen molar-refractivity contribution in [3.8, 4) is 0 Å². The van der Waals surface area contributed by atoms with E-state index in [1.165, 1.54) is 17.0 Å². The Bertz CT molecular complexity index is 1380. The summed E-state index contributed by atoms with van der Waals surface area (Å²) in [6.07, 6.45) is 4.05. The molecule has 1 fully saturated rings. The number of primary amides is 1. The van der Waals surface area contributed by atoms with Gasteiger partial charge < -0.3 is 16.0 Å². The Morgan fingerprint density at radius 2 is 1.68 bits per heavy atom. The zero-order chi connectivity index (χ0) is 29.7. The van der Waals surface area contributed by atoms with Gasteiger partial charge in [-0.25, -0.2) is 4.79 Å². The van der Waals surface area contributed by atoms with Gasteiger partial charge in [0.05, 0.1) is 10.3 Å². The molecule has 0 bridgehead atoms. The lowest BCUT2D eigenvalue weighted by atomic mass is 9.70. The van der Waals surface area contributed by atoms with Crippen molar-refractivity contribution in [3.05, 3.63) is 98.9 Å². The molecule has 0 spiro atoms. The van der Waals surface area contributed by atoms with E-state index in [0.717, 1.165) is 44.5 Å². The number of hydrogen-bond donors (Lipinski definition) is 2. The predicted octanol–water partition coefficient (Wildman–Crippen LogP) is 4.38. The first-order valence-electron chi connectivity index (χ1n) is 13.9. The summed E-state index contributed by atoms with van der Waals surface area (Å²) in [6.45, 7) is 8.00. The summed E-state index contributed by atoms with van der Waals surface area (Å²) < 4.78 is 0. The number of rotatable bonds is 9. The Morgan fingerprint density at radius 3 is 2.24 bits per heavy atom. The van der Waals surface area contributed by atoms with Crippen molar-refractivity contribution in [1.29, 1.82) is 0 Å². The van der Waals surface area contributed by atoms with Gasteiger partial charge in [0.2, 0.25) is 5.91 Å². The molecule has 10 heteroatoms. The van der Waals surface area contributed by atoms with Gasteiger partial charge in [0.1, 0.15) is 5.78 Å². The minimum atomic E-state index is -0.658. The first kappa shape index (κ1) is 29.7. The van der Waals surface area contributed by atoms with Gasteiger partial charge in [-0.1, -0.05) is 48.5 Å². The molecule has 2 aromatic rings. The lowest BCUT2D eigenvalue weighted by Gasteiger charge is -2.40. The first-order chi connectivity index (χ1) is 19.5. The Kier molecular flexibility index (Phi) is 9.02. The zero-order valence-electron chi connectivity index (χ0n) is 23.8. The Labute approximate surface area is 240 Å². The number of nitrogens with zero attached hydrogens (tertiary/aromatic N) is 3. The van der Waals surface area contributed by atoms with Crippen molar-refractivity contribution in [2.75, 3.05) is 26.2 Å². The highest BCUT2D eigenvalue weighted by molar-refractivity contribution is 5.96. The molecule has 1 atom stereocenters. The van der Waals surface area contributed by atoms with Crippen molar-refractivity contribution in [2.24, 2.45) is 5.73 Å². The molecule has 2 heterocycles. The fourth-order valence-corrected chi connectivity index (χ4v) is 6.06. The van der Waals surface area contributed by atoms with E-state index >= 15 is 0 Å². The number of urea groups is 1. The van der Waals surface area contributed by atoms with Crippen LogP contribution < -0.4 is 11.1 Å². The summed E-state index contributed by atoms with van der Waals surface area (Å²) in [6, 6.07) is 15.6. The third-order valence-electron chi connectivity index (χ3n) is 8.37. The molecule has 0 saturated carbocycles. The second-order valence-corrected chi connectivity index (χ2v) is 10.8. The SMILES string of the molecule is CC(=O)C1(c2ccccc2)CCN(CCCNC(=O)N2C(C)=CC(c3ccc([N+](=O)[O-])cc3)C(C(N)=O)=C2C)CC1. The van der Waals surface area contributed by atoms with Crippen LogP contribution in [0.25, 0.3) is 0 Å². The number of carbonyl (C=O) groups excluding carboxylic acids is 3. The lowest BCUT2D eigenvalue weighted by molar-refractivity contribution is -0.384. The van der Waals surface area contributed by atoms with Crippen molar-refractivity contribution in [3.63, 3.8) is 0 Å². The number of allylic oxidation sites excluding steroid dienone is 3. The van der Waals surface area contributed by atoms with Gasteiger partial charge in [-0.05, 0) is 70.8 Å². The topological polar surface area (TPSA) is 139 Å². The molecule has 1 saturated heterocycles. The molecule has 3 N–H and O–H groups in total. The smallest absolute Gasteiger partial charge is 0.325 e. The summed E-state index contributed by atoms with van der Waals surface area (Å²) >= 11 is 0. The highest BCUT2D eigenvalue weighted by atomic mass is 16.6. The number of likely N-dealkylation sites (tertiary alicyclic amines) is 1. The summed E-state index contributed by atoms with van der Waals surface area (Å²) in [5, 5.41) is 14.0. The van der Waals surface area contributed by atoms with Crippen LogP contribution in [0.3, 0.4) is 0 Å². The lowest BCUT2D eigenvalue weighted by Crippen LogP contribution is -2.47. The van der Waals surface area contributed by atoms with Gasteiger partial charge in [-0.15, -0.1) is 0 Å². The second-order valence-electron chi connectivity index (χ2n) is 10.8. The molecule has 2 aliphatic heterocycles. The van der Waals surface area contributed by atoms with Gasteiger partial charge in [0.25, 0.3) is 5.69 Å². The normalized spacial score (nSPS) is 19.0. The van der Waals surface area contributed by atoms with E-state index in [0.29, 0.717) is 23.5 Å². The quantitative estimate of drug-likeness (QED) is 0.266. The minimum absolute atomic E-state index is 0.0495. The average molecular weight is 560 g/mol. The maximum absolute atomic E-state index is 13.2. The minimum Gasteiger partial charge on any atom is -0.366 e. The van der Waals surface area contributed by atoms with Crippen LogP contribution in [0.15, 0.2) is 77.6 Å². The summed E-state index contributed by atoms with van der Waals surface area (Å²) in [4.78, 5) is 52.6. The number of hydrogen-bond acceptors (Lipinski definition) is 6. The summed E-state index contributed by atoms with van der Waals surface area (Å²) in [5.41, 5.74) is 8.33. The van der Waals surface area contributed by atoms with E-state index in [-0.39, 0.29) is 23.1 Å². The Morgan fingerprint density at radius 1 is 1.05 bits per heavy atom. The Hall–Kier alpha value is -4.31. The molecule has 3 amide bonds. The number of nitro groups is 1. The highest BCUT2D eigenvalue weighted by Gasteiger charge is 2.40. The number of nitrogens with one attached hydrogen (secondary N) is 1. The molecule has 1 unspecified atom stereocenters. The number of piperidine rings is 1. The molecule has 2 aromatic carbocycles. The first-order valence-corrected chi connectivity index (χ1v) is 13.9. The molecule has 0 aliphatic carbocycles. The number of benzene rings is 2. The van der Waals surface area contributed by atoms with E-state index < -0.39 is 22.2 Å². The van der Waals surface area contributed by atoms with E-state index in [1.807, 2.05) is 30.3 Å². The zero-order valence-corrected chi connectivity index (χ0v) is 23.8. The molecule has 216 valence electrons. The molecule has 0 radical (unpaired) electrons. The van der Waals surface area contributed by atoms with Gasteiger partial charge in [0.15, 0.2) is 0 Å². The van der Waals surface area contributed by atoms with Crippen molar-refractivity contribution in [1.82, 2.24) is 15.1 Å². The van der Waals surface area contributed by atoms with Crippen molar-refractivity contribution >= 4 is 23.4 Å². The fourth-order valence-electron chi connectivity index (χ4n) is 6.06. The van der Waals surface area contributed by atoms with Gasteiger partial charge in [-0.2, -0.15) is 0 Å². The number of ketones is 1. The van der Waals surface area contributed by atoms with Gasteiger partial charge in [-0.3, -0.25) is 24.6 Å². The van der Waals surface area contributed by atoms with Crippen LogP contribution in [0.5, 0.6) is 0 Å². The molecule has 10 nitrogen and oxygen atoms in total. The largest absolute Gasteiger partial charge is 0.366 e. The number of amides is 3. The second kappa shape index (κ2) is 12.5. The molecule has 41 heavy (non-hydrogen) atoms. The fraction of sp³-hybridized carbons (Fsp3) is 0.387. The Balaban J connectivity index is 1.34. The number of Topliss-reactive ketones (excluding diaryl/α,β-unsaturated/α-hetero) is 1. The van der Waals surface area contributed by atoms with Crippen LogP contribution >= 0.6 is 0 Å². The monoisotopic (exact) mass is 559 g/mol. The van der Waals surface area contributed by atoms with Crippen LogP contribution in [0.2, 0.25) is 0 Å². The van der Waals surface area contributed by atoms with Crippen molar-refractivity contribution in [2.45, 2.75) is 51.4 Å². The van der Waals surface area contributed by atoms with Gasteiger partial charge >= 0.3 is 6.03 Å². The van der Waals surface area contributed by atoms with Crippen molar-refractivity contribution < 1.29 is 19.3 Å². The van der Waals surface area contributed by atoms with Gasteiger partial charge in [0, 0.05) is 41.6 Å². The van der Waals surface area contributed by atoms with Crippen LogP contribution in [0.1, 0.15) is 57.1 Å². The van der Waals surface area contributed by atoms with E-state index in [1.54, 1.807) is 39.0 Å². The standard InChI is InChI=1S/C31H37N5O5/c1-21-20-27(24-10-12-26(13-11-24)36(40)41)28(29(32)38)22(2)35(21)30(39)33-16-7-17-34-18-14-31(15-19-34,23(3)37)25-8-5-4-6-9-25/h4-6,8-13,20,27H,7,14-19H2,1-3H3,(H2,32,38)(H,33,39). The number of carbonyl (C=O) groups is 3. The third-order valence-corrected chi connectivity index (χ3v) is 8.37. The molecule has 2 aliphatic rings. The number of nitro benzene ring substituents is 1. The van der Waals surface area contributed by atoms with E-state index in [2.05, 4.69) is 10.2 Å². The number of non-ortho nitro benzene ring substituents is 1. The average Bonchev–Trinajstić information content (AvgIpc) is 2.95. The third kappa shape index (κ3) is 6.22. The van der Waals surface area contributed by atoms with Crippen LogP contribution in [0, 0.1) is 10.1 Å². The maximum Gasteiger partial charge on any atom is 0.325 e. The van der Waals surface area contributed by atoms with Crippen LogP contribution in [-0.4, -0.2) is 58.6 Å². The number of nitrogens with two attached hydrogens (primary N) is 1. The summed E-state index contributed by atoms with van der Waals surface area (Å²) in [5.74, 6) is -0.973. The van der Waals surface area contributed by atoms with Crippen LogP contribution in [0.4, 0.5) is 10.5 Å². The predicted molar refractivity (Wildman–Crippen MR) is 156 cm³/mol. The summed E-state index contributed by atoms with van der Waals surface area (Å²) in [7, 11) is 0. The molecule has 4 rings (SSSR count). The van der Waals surface area contributed by atoms with E-state index in [4.69, 9.17) is 5.73 Å². The van der Waals surface area contributed by atoms with Crippen LogP contribution in [-0.2, 0) is 15.0 Å². The maximum atomic E-state index is 13.2. The van der Waals surface area contributed by atoms with E-state index in [9.17, 15) is 24.5 Å². The molecular formula is C31H37N5O5.